The Balaban J connectivity index is 2.42. The molecular weight excluding hydrogens is 216 g/mol. The van der Waals surface area contributed by atoms with Gasteiger partial charge in [-0.1, -0.05) is 0 Å². The van der Waals surface area contributed by atoms with Crippen LogP contribution < -0.4 is 5.73 Å². The van der Waals surface area contributed by atoms with Gasteiger partial charge in [0.2, 0.25) is 5.79 Å². The fourth-order valence-electron chi connectivity index (χ4n) is 1.75. The van der Waals surface area contributed by atoms with Crippen molar-refractivity contribution in [2.75, 3.05) is 19.8 Å². The lowest BCUT2D eigenvalue weighted by Gasteiger charge is -2.36. The molecule has 1 saturated heterocycles. The summed E-state index contributed by atoms with van der Waals surface area (Å²) in [5, 5.41) is 0. The smallest absolute Gasteiger partial charge is 0.210 e. The first-order valence-electron chi connectivity index (χ1n) is 5.11. The maximum absolute atomic E-state index is 13.6. The molecule has 0 unspecified atom stereocenters. The van der Waals surface area contributed by atoms with Crippen molar-refractivity contribution in [3.8, 4) is 0 Å². The molecule has 0 radical (unpaired) electrons. The minimum atomic E-state index is -1.34. The van der Waals surface area contributed by atoms with Crippen molar-refractivity contribution in [2.24, 2.45) is 5.73 Å². The monoisotopic (exact) mass is 229 g/mol. The van der Waals surface area contributed by atoms with Gasteiger partial charge in [0.15, 0.2) is 0 Å². The van der Waals surface area contributed by atoms with Crippen LogP contribution in [0.15, 0.2) is 18.2 Å². The molecule has 3 nitrogen and oxygen atoms in total. The lowest BCUT2D eigenvalue weighted by molar-refractivity contribution is -0.271. The van der Waals surface area contributed by atoms with Crippen molar-refractivity contribution in [2.45, 2.75) is 12.2 Å². The average molecular weight is 229 g/mol. The van der Waals surface area contributed by atoms with E-state index in [9.17, 15) is 8.78 Å². The van der Waals surface area contributed by atoms with Gasteiger partial charge < -0.3 is 15.2 Å². The fourth-order valence-corrected chi connectivity index (χ4v) is 1.75. The number of nitrogens with two attached hydrogens (primary N) is 1. The van der Waals surface area contributed by atoms with Gasteiger partial charge >= 0.3 is 0 Å². The zero-order valence-corrected chi connectivity index (χ0v) is 8.71. The number of halogens is 2. The van der Waals surface area contributed by atoms with Gasteiger partial charge in [0.1, 0.15) is 11.6 Å². The summed E-state index contributed by atoms with van der Waals surface area (Å²) in [6.45, 7) is 0.799. The van der Waals surface area contributed by atoms with Crippen LogP contribution in [-0.2, 0) is 15.3 Å². The van der Waals surface area contributed by atoms with Crippen LogP contribution in [0, 0.1) is 11.6 Å². The first-order valence-corrected chi connectivity index (χ1v) is 5.11. The van der Waals surface area contributed by atoms with Gasteiger partial charge in [0.25, 0.3) is 0 Å². The highest BCUT2D eigenvalue weighted by Gasteiger charge is 2.38. The minimum Gasteiger partial charge on any atom is -0.345 e. The molecule has 0 atom stereocenters. The van der Waals surface area contributed by atoms with Crippen LogP contribution in [0.4, 0.5) is 8.78 Å². The third-order valence-electron chi connectivity index (χ3n) is 2.57. The molecule has 5 heteroatoms. The van der Waals surface area contributed by atoms with E-state index in [0.29, 0.717) is 13.2 Å². The quantitative estimate of drug-likeness (QED) is 0.836. The van der Waals surface area contributed by atoms with Crippen LogP contribution in [0.25, 0.3) is 0 Å². The van der Waals surface area contributed by atoms with Crippen LogP contribution in [0.3, 0.4) is 0 Å². The zero-order valence-electron chi connectivity index (χ0n) is 8.71. The SMILES string of the molecule is NCC1(c2cc(F)ccc2F)OCCCO1. The molecule has 0 spiro atoms. The van der Waals surface area contributed by atoms with E-state index < -0.39 is 17.4 Å². The van der Waals surface area contributed by atoms with Gasteiger partial charge in [-0.05, 0) is 24.6 Å². The molecule has 88 valence electrons. The highest BCUT2D eigenvalue weighted by Crippen LogP contribution is 2.31. The van der Waals surface area contributed by atoms with E-state index in [0.717, 1.165) is 24.6 Å². The number of benzene rings is 1. The van der Waals surface area contributed by atoms with E-state index in [4.69, 9.17) is 15.2 Å². The molecule has 1 aliphatic heterocycles. The Hall–Kier alpha value is -1.04. The highest BCUT2D eigenvalue weighted by molar-refractivity contribution is 5.24. The first kappa shape index (κ1) is 11.4. The molecule has 0 amide bonds. The summed E-state index contributed by atoms with van der Waals surface area (Å²) in [6.07, 6.45) is 0.721. The molecule has 0 aliphatic carbocycles. The Labute approximate surface area is 92.1 Å². The summed E-state index contributed by atoms with van der Waals surface area (Å²) >= 11 is 0. The summed E-state index contributed by atoms with van der Waals surface area (Å²) in [4.78, 5) is 0. The van der Waals surface area contributed by atoms with Crippen molar-refractivity contribution in [1.29, 1.82) is 0 Å². The topological polar surface area (TPSA) is 44.5 Å². The van der Waals surface area contributed by atoms with Gasteiger partial charge in [0.05, 0.1) is 25.3 Å². The maximum Gasteiger partial charge on any atom is 0.210 e. The predicted octanol–water partition coefficient (Wildman–Crippen LogP) is 1.51. The van der Waals surface area contributed by atoms with Crippen LogP contribution in [0.1, 0.15) is 12.0 Å². The summed E-state index contributed by atoms with van der Waals surface area (Å²) in [5.74, 6) is -2.46. The Bertz CT molecular complexity index is 378. The van der Waals surface area contributed by atoms with E-state index in [2.05, 4.69) is 0 Å². The van der Waals surface area contributed by atoms with Crippen molar-refractivity contribution in [3.63, 3.8) is 0 Å². The molecule has 1 aliphatic rings. The average Bonchev–Trinajstić information content (AvgIpc) is 2.33. The molecule has 0 bridgehead atoms. The molecule has 16 heavy (non-hydrogen) atoms. The number of hydrogen-bond donors (Lipinski definition) is 1. The fraction of sp³-hybridized carbons (Fsp3) is 0.455. The molecule has 0 aromatic heterocycles. The van der Waals surface area contributed by atoms with Crippen molar-refractivity contribution < 1.29 is 18.3 Å². The van der Waals surface area contributed by atoms with Crippen LogP contribution >= 0.6 is 0 Å². The summed E-state index contributed by atoms with van der Waals surface area (Å²) in [7, 11) is 0. The van der Waals surface area contributed by atoms with Gasteiger partial charge in [-0.25, -0.2) is 8.78 Å². The van der Waals surface area contributed by atoms with Crippen LogP contribution in [0.5, 0.6) is 0 Å². The van der Waals surface area contributed by atoms with E-state index in [1.807, 2.05) is 0 Å². The van der Waals surface area contributed by atoms with Crippen LogP contribution in [0.2, 0.25) is 0 Å². The molecule has 1 heterocycles. The van der Waals surface area contributed by atoms with Gasteiger partial charge in [-0.2, -0.15) is 0 Å². The third-order valence-corrected chi connectivity index (χ3v) is 2.57. The standard InChI is InChI=1S/C11H13F2NO2/c12-8-2-3-10(13)9(6-8)11(7-14)15-4-1-5-16-11/h2-3,6H,1,4-5,7,14H2. The van der Waals surface area contributed by atoms with Crippen molar-refractivity contribution >= 4 is 0 Å². The Morgan fingerprint density at radius 2 is 1.94 bits per heavy atom. The van der Waals surface area contributed by atoms with Gasteiger partial charge in [-0.3, -0.25) is 0 Å². The summed E-state index contributed by atoms with van der Waals surface area (Å²) in [6, 6.07) is 3.16. The summed E-state index contributed by atoms with van der Waals surface area (Å²) in [5.41, 5.74) is 5.57. The Kier molecular flexibility index (Phi) is 3.18. The second-order valence-electron chi connectivity index (χ2n) is 3.63. The van der Waals surface area contributed by atoms with Gasteiger partial charge in [-0.15, -0.1) is 0 Å². The van der Waals surface area contributed by atoms with Crippen molar-refractivity contribution in [3.05, 3.63) is 35.4 Å². The molecular formula is C11H13F2NO2. The van der Waals surface area contributed by atoms with Gasteiger partial charge in [0, 0.05) is 0 Å². The first-order chi connectivity index (χ1) is 7.68. The molecule has 1 fully saturated rings. The number of rotatable bonds is 2. The van der Waals surface area contributed by atoms with E-state index in [1.165, 1.54) is 0 Å². The third kappa shape index (κ3) is 1.93. The second kappa shape index (κ2) is 4.45. The molecule has 2 N–H and O–H groups in total. The lowest BCUT2D eigenvalue weighted by atomic mass is 10.0. The van der Waals surface area contributed by atoms with Crippen LogP contribution in [-0.4, -0.2) is 19.8 Å². The molecule has 0 saturated carbocycles. The number of ether oxygens (including phenoxy) is 2. The normalized spacial score (nSPS) is 19.7. The minimum absolute atomic E-state index is 0.0229. The summed E-state index contributed by atoms with van der Waals surface area (Å²) < 4.78 is 37.5. The molecule has 2 rings (SSSR count). The Morgan fingerprint density at radius 1 is 1.25 bits per heavy atom. The largest absolute Gasteiger partial charge is 0.345 e. The van der Waals surface area contributed by atoms with E-state index >= 15 is 0 Å². The van der Waals surface area contributed by atoms with E-state index in [-0.39, 0.29) is 12.1 Å². The highest BCUT2D eigenvalue weighted by atomic mass is 19.1. The molecule has 1 aromatic carbocycles. The van der Waals surface area contributed by atoms with E-state index in [1.54, 1.807) is 0 Å². The second-order valence-corrected chi connectivity index (χ2v) is 3.63. The Morgan fingerprint density at radius 3 is 2.56 bits per heavy atom. The number of hydrogen-bond acceptors (Lipinski definition) is 3. The van der Waals surface area contributed by atoms with Crippen molar-refractivity contribution in [1.82, 2.24) is 0 Å². The predicted molar refractivity (Wildman–Crippen MR) is 53.6 cm³/mol. The molecule has 1 aromatic rings. The lowest BCUT2D eigenvalue weighted by Crippen LogP contribution is -2.45. The zero-order chi connectivity index (χ0) is 11.6. The maximum atomic E-state index is 13.6.